The Labute approximate surface area is 174 Å². The molecule has 0 spiro atoms. The fraction of sp³-hybridized carbons (Fsp3) is 0.190. The number of esters is 1. The molecule has 1 aliphatic rings. The maximum atomic E-state index is 12.9. The molecule has 0 aromatic heterocycles. The van der Waals surface area contributed by atoms with Crippen molar-refractivity contribution in [3.05, 3.63) is 65.4 Å². The van der Waals surface area contributed by atoms with Crippen molar-refractivity contribution in [2.45, 2.75) is 25.7 Å². The average Bonchev–Trinajstić information content (AvgIpc) is 2.83. The first-order chi connectivity index (χ1) is 14.2. The van der Waals surface area contributed by atoms with Crippen LogP contribution in [0.5, 0.6) is 0 Å². The molecule has 0 atom stereocenters. The van der Waals surface area contributed by atoms with E-state index < -0.39 is 16.0 Å². The second kappa shape index (κ2) is 8.50. The Kier molecular flexibility index (Phi) is 6.02. The molecular formula is C21H21N3O5S. The number of sulfonamides is 1. The summed E-state index contributed by atoms with van der Waals surface area (Å²) in [6.45, 7) is 4.81. The van der Waals surface area contributed by atoms with E-state index in [2.05, 4.69) is 15.0 Å². The van der Waals surface area contributed by atoms with Gasteiger partial charge in [0.2, 0.25) is 0 Å². The van der Waals surface area contributed by atoms with Crippen molar-refractivity contribution in [2.24, 2.45) is 4.40 Å². The molecule has 1 aliphatic heterocycles. The van der Waals surface area contributed by atoms with Gasteiger partial charge in [0.15, 0.2) is 11.6 Å². The summed E-state index contributed by atoms with van der Waals surface area (Å²) in [5.41, 5.74) is 1.97. The number of hydrogen-bond donors (Lipinski definition) is 2. The summed E-state index contributed by atoms with van der Waals surface area (Å²) >= 11 is 0. The van der Waals surface area contributed by atoms with E-state index in [1.807, 2.05) is 0 Å². The number of carbonyl (C=O) groups excluding carboxylic acids is 2. The topological polar surface area (TPSA) is 114 Å². The first kappa shape index (κ1) is 21.3. The largest absolute Gasteiger partial charge is 0.462 e. The number of ketones is 1. The Morgan fingerprint density at radius 1 is 1.00 bits per heavy atom. The molecule has 0 unspecified atom stereocenters. The Hall–Kier alpha value is -3.46. The number of fused-ring (bicyclic) bond motifs is 1. The minimum absolute atomic E-state index is 0.0167. The third kappa shape index (κ3) is 4.41. The fourth-order valence-electron chi connectivity index (χ4n) is 2.89. The number of carbonyl (C=O) groups is 2. The number of allylic oxidation sites excluding steroid dienone is 1. The van der Waals surface area contributed by atoms with Gasteiger partial charge in [0.25, 0.3) is 10.0 Å². The maximum absolute atomic E-state index is 12.9. The van der Waals surface area contributed by atoms with Crippen LogP contribution in [0.15, 0.2) is 69.1 Å². The maximum Gasteiger partial charge on any atom is 0.343 e. The minimum Gasteiger partial charge on any atom is -0.462 e. The number of rotatable bonds is 5. The van der Waals surface area contributed by atoms with E-state index in [-0.39, 0.29) is 28.7 Å². The zero-order valence-electron chi connectivity index (χ0n) is 16.7. The molecule has 0 amide bonds. The summed E-state index contributed by atoms with van der Waals surface area (Å²) in [5, 5.41) is 6.02. The third-order valence-corrected chi connectivity index (χ3v) is 5.65. The lowest BCUT2D eigenvalue weighted by Gasteiger charge is -2.12. The molecular weight excluding hydrogens is 406 g/mol. The van der Waals surface area contributed by atoms with Crippen molar-refractivity contribution in [1.82, 2.24) is 0 Å². The second-order valence-electron chi connectivity index (χ2n) is 6.51. The molecule has 3 rings (SSSR count). The molecule has 0 aliphatic carbocycles. The van der Waals surface area contributed by atoms with Crippen LogP contribution in [0.25, 0.3) is 0 Å². The van der Waals surface area contributed by atoms with Gasteiger partial charge in [-0.3, -0.25) is 4.79 Å². The smallest absolute Gasteiger partial charge is 0.343 e. The molecule has 0 radical (unpaired) electrons. The molecule has 0 fully saturated rings. The summed E-state index contributed by atoms with van der Waals surface area (Å²) in [6, 6.07) is 12.5. The van der Waals surface area contributed by atoms with Crippen LogP contribution in [0.3, 0.4) is 0 Å². The SMILES string of the molecule is CCOC(=O)C1=C(C)Nc2ccccc2N/C1=N/S(=O)(=O)c1ccc(C(C)=O)cc1. The molecule has 156 valence electrons. The first-order valence-corrected chi connectivity index (χ1v) is 10.6. The molecule has 8 nitrogen and oxygen atoms in total. The molecule has 0 saturated heterocycles. The third-order valence-electron chi connectivity index (χ3n) is 4.36. The number of ether oxygens (including phenoxy) is 1. The highest BCUT2D eigenvalue weighted by molar-refractivity contribution is 7.90. The van der Waals surface area contributed by atoms with Crippen molar-refractivity contribution >= 4 is 39.0 Å². The van der Waals surface area contributed by atoms with Crippen molar-refractivity contribution < 1.29 is 22.7 Å². The summed E-state index contributed by atoms with van der Waals surface area (Å²) in [4.78, 5) is 23.9. The zero-order chi connectivity index (χ0) is 21.9. The summed E-state index contributed by atoms with van der Waals surface area (Å²) in [6.07, 6.45) is 0. The van der Waals surface area contributed by atoms with Crippen molar-refractivity contribution in [1.29, 1.82) is 0 Å². The molecule has 0 saturated carbocycles. The number of anilines is 2. The highest BCUT2D eigenvalue weighted by Gasteiger charge is 2.27. The number of amidine groups is 1. The lowest BCUT2D eigenvalue weighted by molar-refractivity contribution is -0.137. The number of para-hydroxylation sites is 2. The first-order valence-electron chi connectivity index (χ1n) is 9.20. The van der Waals surface area contributed by atoms with Gasteiger partial charge in [-0.15, -0.1) is 4.40 Å². The van der Waals surface area contributed by atoms with Gasteiger partial charge < -0.3 is 15.4 Å². The molecule has 0 bridgehead atoms. The molecule has 30 heavy (non-hydrogen) atoms. The molecule has 9 heteroatoms. The second-order valence-corrected chi connectivity index (χ2v) is 8.12. The molecule has 1 heterocycles. The van der Waals surface area contributed by atoms with Gasteiger partial charge in [0, 0.05) is 11.3 Å². The number of nitrogens with one attached hydrogen (secondary N) is 2. The van der Waals surface area contributed by atoms with Gasteiger partial charge in [-0.1, -0.05) is 24.3 Å². The fourth-order valence-corrected chi connectivity index (χ4v) is 3.85. The van der Waals surface area contributed by atoms with Crippen LogP contribution in [0, 0.1) is 0 Å². The highest BCUT2D eigenvalue weighted by atomic mass is 32.2. The number of Topliss-reactive ketones (excluding diaryl/α,β-unsaturated/α-hetero) is 1. The van der Waals surface area contributed by atoms with E-state index in [0.29, 0.717) is 22.6 Å². The van der Waals surface area contributed by atoms with Crippen LogP contribution in [0.2, 0.25) is 0 Å². The van der Waals surface area contributed by atoms with E-state index >= 15 is 0 Å². The zero-order valence-corrected chi connectivity index (χ0v) is 17.5. The quantitative estimate of drug-likeness (QED) is 0.555. The Morgan fingerprint density at radius 3 is 2.17 bits per heavy atom. The summed E-state index contributed by atoms with van der Waals surface area (Å²) in [7, 11) is -4.18. The van der Waals surface area contributed by atoms with Gasteiger partial charge in [-0.05, 0) is 45.0 Å². The Bertz CT molecular complexity index is 1170. The summed E-state index contributed by atoms with van der Waals surface area (Å²) < 4.78 is 34.9. The van der Waals surface area contributed by atoms with Crippen molar-refractivity contribution in [2.75, 3.05) is 17.2 Å². The Morgan fingerprint density at radius 2 is 1.60 bits per heavy atom. The van der Waals surface area contributed by atoms with E-state index in [1.165, 1.54) is 31.2 Å². The number of hydrogen-bond acceptors (Lipinski definition) is 6. The predicted octanol–water partition coefficient (Wildman–Crippen LogP) is 3.35. The van der Waals surface area contributed by atoms with Gasteiger partial charge in [-0.2, -0.15) is 8.42 Å². The van der Waals surface area contributed by atoms with Crippen molar-refractivity contribution in [3.63, 3.8) is 0 Å². The van der Waals surface area contributed by atoms with Crippen LogP contribution in [-0.4, -0.2) is 32.6 Å². The predicted molar refractivity (Wildman–Crippen MR) is 114 cm³/mol. The van der Waals surface area contributed by atoms with Crippen LogP contribution < -0.4 is 10.6 Å². The lowest BCUT2D eigenvalue weighted by atomic mass is 10.2. The van der Waals surface area contributed by atoms with E-state index in [1.54, 1.807) is 38.1 Å². The van der Waals surface area contributed by atoms with Gasteiger partial charge in [-0.25, -0.2) is 4.79 Å². The van der Waals surface area contributed by atoms with Crippen LogP contribution >= 0.6 is 0 Å². The highest BCUT2D eigenvalue weighted by Crippen LogP contribution is 2.29. The van der Waals surface area contributed by atoms with Crippen molar-refractivity contribution in [3.8, 4) is 0 Å². The van der Waals surface area contributed by atoms with Crippen LogP contribution in [0.4, 0.5) is 11.4 Å². The number of benzene rings is 2. The monoisotopic (exact) mass is 427 g/mol. The summed E-state index contributed by atoms with van der Waals surface area (Å²) in [5.74, 6) is -1.04. The Balaban J connectivity index is 2.12. The van der Waals surface area contributed by atoms with Gasteiger partial charge in [0.05, 0.1) is 22.9 Å². The molecule has 2 N–H and O–H groups in total. The molecule has 2 aromatic carbocycles. The average molecular weight is 427 g/mol. The minimum atomic E-state index is -4.18. The van der Waals surface area contributed by atoms with E-state index in [9.17, 15) is 18.0 Å². The van der Waals surface area contributed by atoms with E-state index in [0.717, 1.165) is 0 Å². The van der Waals surface area contributed by atoms with Crippen LogP contribution in [0.1, 0.15) is 31.1 Å². The van der Waals surface area contributed by atoms with Crippen LogP contribution in [-0.2, 0) is 19.6 Å². The van der Waals surface area contributed by atoms with Gasteiger partial charge in [0.1, 0.15) is 5.57 Å². The number of nitrogens with zero attached hydrogens (tertiary/aromatic N) is 1. The van der Waals surface area contributed by atoms with Gasteiger partial charge >= 0.3 is 5.97 Å². The standard InChI is InChI=1S/C21H21N3O5S/c1-4-29-21(26)19-13(2)22-17-7-5-6-8-18(17)23-20(19)24-30(27,28)16-11-9-15(10-12-16)14(3)25/h5-12,22H,4H2,1-3H3,(H,23,24). The lowest BCUT2D eigenvalue weighted by Crippen LogP contribution is -2.25. The van der Waals surface area contributed by atoms with E-state index in [4.69, 9.17) is 4.74 Å². The normalized spacial score (nSPS) is 15.0. The molecule has 2 aromatic rings.